The lowest BCUT2D eigenvalue weighted by molar-refractivity contribution is -0.165. The third-order valence-corrected chi connectivity index (χ3v) is 11.9. The molecule has 39 heavy (non-hydrogen) atoms. The number of aliphatic carboxylic acids is 3. The number of nitrogens with two attached hydrogens (primary N) is 1. The van der Waals surface area contributed by atoms with Crippen molar-refractivity contribution in [2.45, 2.75) is 110 Å². The summed E-state index contributed by atoms with van der Waals surface area (Å²) in [6.45, 7) is 7.08. The van der Waals surface area contributed by atoms with Crippen molar-refractivity contribution in [2.75, 3.05) is 0 Å². The van der Waals surface area contributed by atoms with Gasteiger partial charge in [0.1, 0.15) is 12.1 Å². The van der Waals surface area contributed by atoms with Crippen molar-refractivity contribution in [1.29, 1.82) is 0 Å². The molecule has 0 radical (unpaired) electrons. The summed E-state index contributed by atoms with van der Waals surface area (Å²) in [5.74, 6) is -2.34. The van der Waals surface area contributed by atoms with Crippen LogP contribution in [0.25, 0.3) is 0 Å². The van der Waals surface area contributed by atoms with Crippen LogP contribution in [0.2, 0.25) is 0 Å². The maximum Gasteiger partial charge on any atom is 0.323 e. The number of esters is 1. The summed E-state index contributed by atoms with van der Waals surface area (Å²) < 4.78 is 5.68. The van der Waals surface area contributed by atoms with Crippen molar-refractivity contribution < 1.29 is 39.2 Å². The first kappa shape index (κ1) is 29.8. The largest absolute Gasteiger partial charge is 0.481 e. The Kier molecular flexibility index (Phi) is 8.70. The summed E-state index contributed by atoms with van der Waals surface area (Å²) in [6.07, 6.45) is 9.73. The smallest absolute Gasteiger partial charge is 0.323 e. The zero-order valence-electron chi connectivity index (χ0n) is 23.6. The van der Waals surface area contributed by atoms with E-state index >= 15 is 0 Å². The number of carbonyl (C=O) groups is 4. The summed E-state index contributed by atoms with van der Waals surface area (Å²) in [7, 11) is 0. The number of fused-ring (bicyclic) bond motifs is 5. The summed E-state index contributed by atoms with van der Waals surface area (Å²) in [6, 6.07) is -1.13. The Hall–Kier alpha value is -2.16. The molecule has 1 unspecified atom stereocenters. The minimum absolute atomic E-state index is 0.182. The molecule has 0 aromatic carbocycles. The van der Waals surface area contributed by atoms with Gasteiger partial charge in [0.25, 0.3) is 0 Å². The van der Waals surface area contributed by atoms with Gasteiger partial charge in [-0.2, -0.15) is 0 Å². The van der Waals surface area contributed by atoms with Crippen LogP contribution in [0.3, 0.4) is 0 Å². The second-order valence-corrected chi connectivity index (χ2v) is 13.7. The van der Waals surface area contributed by atoms with Crippen LogP contribution in [0.15, 0.2) is 0 Å². The monoisotopic (exact) mass is 549 g/mol. The molecule has 0 aromatic heterocycles. The predicted molar refractivity (Wildman–Crippen MR) is 142 cm³/mol. The van der Waals surface area contributed by atoms with Gasteiger partial charge in [0.05, 0.1) is 6.42 Å². The number of ether oxygens (including phenoxy) is 1. The van der Waals surface area contributed by atoms with Crippen LogP contribution in [-0.4, -0.2) is 51.3 Å². The first-order valence-corrected chi connectivity index (χ1v) is 14.9. The maximum absolute atomic E-state index is 12.3. The van der Waals surface area contributed by atoms with Crippen LogP contribution in [0.5, 0.6) is 0 Å². The molecule has 4 saturated carbocycles. The highest BCUT2D eigenvalue weighted by Gasteiger charge is 2.60. The minimum atomic E-state index is -1.33. The van der Waals surface area contributed by atoms with E-state index in [0.29, 0.717) is 41.9 Å². The van der Waals surface area contributed by atoms with Gasteiger partial charge in [-0.15, -0.1) is 0 Å². The van der Waals surface area contributed by atoms with E-state index in [-0.39, 0.29) is 23.4 Å². The molecule has 4 fully saturated rings. The van der Waals surface area contributed by atoms with Gasteiger partial charge in [-0.25, -0.2) is 0 Å². The van der Waals surface area contributed by atoms with Gasteiger partial charge in [-0.3, -0.25) is 19.2 Å². The van der Waals surface area contributed by atoms with Crippen molar-refractivity contribution in [3.05, 3.63) is 0 Å². The lowest BCUT2D eigenvalue weighted by atomic mass is 9.44. The van der Waals surface area contributed by atoms with Gasteiger partial charge < -0.3 is 25.8 Å². The quantitative estimate of drug-likeness (QED) is 0.226. The lowest BCUT2D eigenvalue weighted by Gasteiger charge is -2.61. The molecule has 220 valence electrons. The number of hydrogen-bond donors (Lipinski definition) is 4. The first-order valence-electron chi connectivity index (χ1n) is 14.9. The fourth-order valence-corrected chi connectivity index (χ4v) is 9.81. The Balaban J connectivity index is 1.38. The van der Waals surface area contributed by atoms with Crippen LogP contribution in [-0.2, 0) is 23.9 Å². The van der Waals surface area contributed by atoms with E-state index < -0.39 is 42.3 Å². The number of carboxylic acid groups (broad SMARTS) is 3. The van der Waals surface area contributed by atoms with E-state index in [4.69, 9.17) is 15.6 Å². The Morgan fingerprint density at radius 3 is 2.15 bits per heavy atom. The first-order chi connectivity index (χ1) is 18.3. The number of carbonyl (C=O) groups excluding carboxylic acids is 1. The zero-order valence-corrected chi connectivity index (χ0v) is 23.6. The molecule has 0 aromatic rings. The van der Waals surface area contributed by atoms with E-state index in [9.17, 15) is 29.4 Å². The summed E-state index contributed by atoms with van der Waals surface area (Å²) in [4.78, 5) is 46.0. The normalized spacial score (nSPS) is 39.1. The van der Waals surface area contributed by atoms with Crippen molar-refractivity contribution >= 4 is 23.9 Å². The molecule has 4 aliphatic carbocycles. The van der Waals surface area contributed by atoms with Crippen LogP contribution in [0.4, 0.5) is 0 Å². The molecule has 0 aliphatic heterocycles. The second kappa shape index (κ2) is 11.4. The molecule has 9 nitrogen and oxygen atoms in total. The minimum Gasteiger partial charge on any atom is -0.481 e. The highest BCUT2D eigenvalue weighted by Crippen LogP contribution is 2.68. The zero-order chi connectivity index (χ0) is 28.7. The van der Waals surface area contributed by atoms with Gasteiger partial charge in [0, 0.05) is 0 Å². The van der Waals surface area contributed by atoms with Crippen molar-refractivity contribution in [1.82, 2.24) is 0 Å². The molecule has 0 bridgehead atoms. The second-order valence-electron chi connectivity index (χ2n) is 13.7. The fourth-order valence-electron chi connectivity index (χ4n) is 9.81. The molecule has 0 spiro atoms. The third kappa shape index (κ3) is 5.70. The number of hydrogen-bond acceptors (Lipinski definition) is 6. The SMILES string of the molecule is C[C@H](CCC(C(=O)O)C(=O)O)C1CC[C@H]2[C@@H]3CC[C@@H]4C[C@H](OC(=O)[C@@H](N)CC(=O)O)CC[C@]4(C)[C@H]3CC[C@]12C. The topological polar surface area (TPSA) is 164 Å². The standard InChI is InChI=1S/C30H47NO8/c1-16(4-6-20(26(34)35)27(36)37)21-8-9-22-19-7-5-17-14-18(39-28(38)24(31)15-25(32)33)10-12-29(17,2)23(19)11-13-30(21,22)3/h16-24H,4-15,31H2,1-3H3,(H,32,33)(H,34,35)(H,36,37)/t16-,17-,18-,19+,21?,22+,23+,24+,29+,30-/m1/s1. The molecule has 0 heterocycles. The van der Waals surface area contributed by atoms with Crippen molar-refractivity contribution in [3.63, 3.8) is 0 Å². The molecule has 9 heteroatoms. The molecule has 0 saturated heterocycles. The molecule has 4 rings (SSSR count). The van der Waals surface area contributed by atoms with Gasteiger partial charge in [0.15, 0.2) is 5.92 Å². The molecule has 5 N–H and O–H groups in total. The molecule has 10 atom stereocenters. The van der Waals surface area contributed by atoms with Gasteiger partial charge in [0.2, 0.25) is 0 Å². The fraction of sp³-hybridized carbons (Fsp3) is 0.867. The van der Waals surface area contributed by atoms with Crippen LogP contribution in [0, 0.1) is 52.3 Å². The number of rotatable bonds is 10. The molecular weight excluding hydrogens is 502 g/mol. The van der Waals surface area contributed by atoms with E-state index in [0.717, 1.165) is 38.5 Å². The summed E-state index contributed by atoms with van der Waals surface area (Å²) >= 11 is 0. The van der Waals surface area contributed by atoms with Crippen molar-refractivity contribution in [3.8, 4) is 0 Å². The summed E-state index contributed by atoms with van der Waals surface area (Å²) in [5.41, 5.74) is 6.14. The Morgan fingerprint density at radius 2 is 1.51 bits per heavy atom. The van der Waals surface area contributed by atoms with Crippen LogP contribution < -0.4 is 5.73 Å². The van der Waals surface area contributed by atoms with E-state index in [1.807, 2.05) is 0 Å². The van der Waals surface area contributed by atoms with E-state index in [1.165, 1.54) is 19.3 Å². The Morgan fingerprint density at radius 1 is 0.872 bits per heavy atom. The van der Waals surface area contributed by atoms with Crippen LogP contribution in [0.1, 0.15) is 97.8 Å². The average Bonchev–Trinajstić information content (AvgIpc) is 3.20. The molecule has 0 amide bonds. The van der Waals surface area contributed by atoms with E-state index in [1.54, 1.807) is 0 Å². The lowest BCUT2D eigenvalue weighted by Crippen LogP contribution is -2.54. The van der Waals surface area contributed by atoms with E-state index in [2.05, 4.69) is 20.8 Å². The predicted octanol–water partition coefficient (Wildman–Crippen LogP) is 4.56. The Labute approximate surface area is 231 Å². The van der Waals surface area contributed by atoms with Crippen LogP contribution >= 0.6 is 0 Å². The van der Waals surface area contributed by atoms with Gasteiger partial charge in [-0.1, -0.05) is 20.8 Å². The number of carboxylic acids is 3. The van der Waals surface area contributed by atoms with Gasteiger partial charge in [-0.05, 0) is 117 Å². The highest BCUT2D eigenvalue weighted by atomic mass is 16.5. The average molecular weight is 550 g/mol. The summed E-state index contributed by atoms with van der Waals surface area (Å²) in [5, 5.41) is 27.5. The Bertz CT molecular complexity index is 955. The van der Waals surface area contributed by atoms with Crippen molar-refractivity contribution in [2.24, 2.45) is 58.0 Å². The maximum atomic E-state index is 12.3. The highest BCUT2D eigenvalue weighted by molar-refractivity contribution is 5.92. The van der Waals surface area contributed by atoms with Gasteiger partial charge >= 0.3 is 23.9 Å². The third-order valence-electron chi connectivity index (χ3n) is 11.9. The molecule has 4 aliphatic rings. The molecular formula is C30H47NO8.